The van der Waals surface area contributed by atoms with Gasteiger partial charge in [0.25, 0.3) is 0 Å². The molecule has 76 valence electrons. The van der Waals surface area contributed by atoms with Gasteiger partial charge in [-0.3, -0.25) is 4.79 Å². The van der Waals surface area contributed by atoms with Crippen molar-refractivity contribution >= 4 is 64.3 Å². The van der Waals surface area contributed by atoms with Gasteiger partial charge in [-0.1, -0.05) is 58.0 Å². The molecule has 14 heavy (non-hydrogen) atoms. The molecule has 1 heterocycles. The van der Waals surface area contributed by atoms with Crippen LogP contribution in [0.25, 0.3) is 0 Å². The first-order chi connectivity index (χ1) is 6.36. The molecule has 0 aliphatic rings. The van der Waals surface area contributed by atoms with Crippen LogP contribution in [0.2, 0.25) is 10.3 Å². The third kappa shape index (κ3) is 2.61. The first-order valence-electron chi connectivity index (χ1n) is 3.11. The van der Waals surface area contributed by atoms with Crippen molar-refractivity contribution in [3.63, 3.8) is 0 Å². The molecule has 0 unspecified atom stereocenters. The van der Waals surface area contributed by atoms with Gasteiger partial charge in [0.2, 0.25) is 3.79 Å². The first-order valence-corrected chi connectivity index (χ1v) is 5.00. The van der Waals surface area contributed by atoms with Gasteiger partial charge in [-0.25, -0.2) is 9.97 Å². The Labute approximate surface area is 104 Å². The molecule has 0 N–H and O–H groups in total. The highest BCUT2D eigenvalue weighted by Gasteiger charge is 2.28. The molecule has 0 radical (unpaired) electrons. The van der Waals surface area contributed by atoms with Crippen LogP contribution in [0.15, 0.2) is 0 Å². The smallest absolute Gasteiger partial charge is 0.250 e. The van der Waals surface area contributed by atoms with E-state index < -0.39 is 3.79 Å². The Hall–Kier alpha value is 0.200. The van der Waals surface area contributed by atoms with Crippen molar-refractivity contribution in [1.29, 1.82) is 0 Å². The summed E-state index contributed by atoms with van der Waals surface area (Å²) in [6, 6.07) is 0. The van der Waals surface area contributed by atoms with Gasteiger partial charge in [-0.05, 0) is 0 Å². The summed E-state index contributed by atoms with van der Waals surface area (Å²) >= 11 is 27.7. The Bertz CT molecular complexity index is 352. The lowest BCUT2D eigenvalue weighted by Crippen LogP contribution is -2.09. The molecule has 0 aliphatic carbocycles. The van der Waals surface area contributed by atoms with Gasteiger partial charge in [-0.2, -0.15) is 0 Å². The van der Waals surface area contributed by atoms with E-state index in [1.54, 1.807) is 0 Å². The molecule has 0 atom stereocenters. The molecule has 0 amide bonds. The van der Waals surface area contributed by atoms with Crippen molar-refractivity contribution in [3.05, 3.63) is 21.7 Å². The summed E-state index contributed by atoms with van der Waals surface area (Å²) in [5.74, 6) is -0.178. The summed E-state index contributed by atoms with van der Waals surface area (Å²) in [4.78, 5) is 17.7. The number of nitrogens with zero attached hydrogens (tertiary/aromatic N) is 2. The molecule has 0 spiro atoms. The van der Waals surface area contributed by atoms with Crippen LogP contribution in [0.4, 0.5) is 0 Å². The highest BCUT2D eigenvalue weighted by atomic mass is 35.6. The van der Waals surface area contributed by atoms with Crippen LogP contribution in [0.3, 0.4) is 0 Å². The second-order valence-electron chi connectivity index (χ2n) is 2.16. The van der Waals surface area contributed by atoms with E-state index in [9.17, 15) is 4.79 Å². The SMILES string of the molecule is O=Cc1c(Cl)nc(C(Cl)(Cl)Cl)nc1Cl. The molecule has 1 aromatic heterocycles. The van der Waals surface area contributed by atoms with Crippen LogP contribution in [0.5, 0.6) is 0 Å². The Morgan fingerprint density at radius 2 is 1.50 bits per heavy atom. The average Bonchev–Trinajstić information content (AvgIpc) is 2.01. The Morgan fingerprint density at radius 1 is 1.07 bits per heavy atom. The number of hydrogen-bond donors (Lipinski definition) is 0. The zero-order valence-corrected chi connectivity index (χ0v) is 10.0. The average molecular weight is 294 g/mol. The van der Waals surface area contributed by atoms with Crippen LogP contribution in [-0.2, 0) is 3.79 Å². The second kappa shape index (κ2) is 4.37. The van der Waals surface area contributed by atoms with Crippen molar-refractivity contribution in [2.45, 2.75) is 3.79 Å². The topological polar surface area (TPSA) is 42.9 Å². The van der Waals surface area contributed by atoms with Gasteiger partial charge in [0, 0.05) is 0 Å². The third-order valence-corrected chi connectivity index (χ3v) is 2.31. The zero-order valence-electron chi connectivity index (χ0n) is 6.27. The minimum Gasteiger partial charge on any atom is -0.298 e. The van der Waals surface area contributed by atoms with Crippen LogP contribution < -0.4 is 0 Å². The Kier molecular flexibility index (Phi) is 3.83. The summed E-state index contributed by atoms with van der Waals surface area (Å²) in [7, 11) is 0. The number of carbonyl (C=O) groups is 1. The largest absolute Gasteiger partial charge is 0.298 e. The van der Waals surface area contributed by atoms with E-state index >= 15 is 0 Å². The Balaban J connectivity index is 3.35. The summed E-state index contributed by atoms with van der Waals surface area (Å²) in [6.07, 6.45) is 0.423. The van der Waals surface area contributed by atoms with Gasteiger partial charge < -0.3 is 0 Å². The van der Waals surface area contributed by atoms with Crippen molar-refractivity contribution < 1.29 is 4.79 Å². The van der Waals surface area contributed by atoms with E-state index in [1.165, 1.54) is 0 Å². The lowest BCUT2D eigenvalue weighted by molar-refractivity contribution is 0.112. The zero-order chi connectivity index (χ0) is 10.9. The quantitative estimate of drug-likeness (QED) is 0.453. The summed E-state index contributed by atoms with van der Waals surface area (Å²) < 4.78 is -1.82. The normalized spacial score (nSPS) is 11.5. The molecule has 0 aliphatic heterocycles. The fourth-order valence-corrected chi connectivity index (χ4v) is 1.37. The van der Waals surface area contributed by atoms with Crippen LogP contribution >= 0.6 is 58.0 Å². The maximum absolute atomic E-state index is 10.5. The van der Waals surface area contributed by atoms with Gasteiger partial charge in [0.15, 0.2) is 12.1 Å². The van der Waals surface area contributed by atoms with Crippen molar-refractivity contribution in [2.24, 2.45) is 0 Å². The van der Waals surface area contributed by atoms with Gasteiger partial charge >= 0.3 is 0 Å². The van der Waals surface area contributed by atoms with Gasteiger partial charge in [0.05, 0.1) is 5.56 Å². The number of halogens is 5. The molecule has 0 saturated heterocycles. The molecule has 0 fully saturated rings. The van der Waals surface area contributed by atoms with Crippen LogP contribution in [0, 0.1) is 0 Å². The fourth-order valence-electron chi connectivity index (χ4n) is 0.641. The van der Waals surface area contributed by atoms with E-state index in [2.05, 4.69) is 9.97 Å². The molecular weight excluding hydrogens is 293 g/mol. The molecule has 1 aromatic rings. The maximum atomic E-state index is 10.5. The standard InChI is InChI=1S/C6HCl5N2O/c7-3-2(1-14)4(8)13-5(12-3)6(9,10)11/h1H. The van der Waals surface area contributed by atoms with E-state index in [-0.39, 0.29) is 21.7 Å². The van der Waals surface area contributed by atoms with Gasteiger partial charge in [-0.15, -0.1) is 0 Å². The molecule has 3 nitrogen and oxygen atoms in total. The first kappa shape index (κ1) is 12.3. The molecule has 0 bridgehead atoms. The van der Waals surface area contributed by atoms with E-state index in [0.717, 1.165) is 0 Å². The number of aldehydes is 1. The van der Waals surface area contributed by atoms with Crippen LogP contribution in [0.1, 0.15) is 16.2 Å². The fraction of sp³-hybridized carbons (Fsp3) is 0.167. The number of hydrogen-bond acceptors (Lipinski definition) is 3. The molecule has 0 aromatic carbocycles. The monoisotopic (exact) mass is 292 g/mol. The van der Waals surface area contributed by atoms with Crippen molar-refractivity contribution in [2.75, 3.05) is 0 Å². The highest BCUT2D eigenvalue weighted by molar-refractivity contribution is 6.66. The minimum absolute atomic E-state index is 0.0358. The predicted molar refractivity (Wildman–Crippen MR) is 56.7 cm³/mol. The predicted octanol–water partition coefficient (Wildman–Crippen LogP) is 3.42. The molecule has 1 rings (SSSR count). The van der Waals surface area contributed by atoms with E-state index in [1.807, 2.05) is 0 Å². The van der Waals surface area contributed by atoms with E-state index in [0.29, 0.717) is 6.29 Å². The highest BCUT2D eigenvalue weighted by Crippen LogP contribution is 2.37. The van der Waals surface area contributed by atoms with Crippen molar-refractivity contribution in [3.8, 4) is 0 Å². The third-order valence-electron chi connectivity index (χ3n) is 1.22. The minimum atomic E-state index is -1.82. The second-order valence-corrected chi connectivity index (χ2v) is 5.16. The molecular formula is C6HCl5N2O. The molecule has 0 saturated carbocycles. The summed E-state index contributed by atoms with van der Waals surface area (Å²) in [5.41, 5.74) is -0.0358. The van der Waals surface area contributed by atoms with Crippen molar-refractivity contribution in [1.82, 2.24) is 9.97 Å². The van der Waals surface area contributed by atoms with E-state index in [4.69, 9.17) is 58.0 Å². The van der Waals surface area contributed by atoms with Gasteiger partial charge in [0.1, 0.15) is 10.3 Å². The summed E-state index contributed by atoms with van der Waals surface area (Å²) in [6.45, 7) is 0. The lowest BCUT2D eigenvalue weighted by atomic mass is 10.4. The van der Waals surface area contributed by atoms with Crippen LogP contribution in [-0.4, -0.2) is 16.3 Å². The number of carbonyl (C=O) groups excluding carboxylic acids is 1. The lowest BCUT2D eigenvalue weighted by Gasteiger charge is -2.10. The maximum Gasteiger partial charge on any atom is 0.250 e. The number of alkyl halides is 3. The summed E-state index contributed by atoms with van der Waals surface area (Å²) in [5, 5.41) is -0.303. The molecule has 8 heteroatoms. The number of aromatic nitrogens is 2. The Morgan fingerprint density at radius 3 is 1.79 bits per heavy atom. The number of rotatable bonds is 1.